The maximum atomic E-state index is 12.0. The van der Waals surface area contributed by atoms with E-state index in [-0.39, 0.29) is 10.9 Å². The Bertz CT molecular complexity index is 852. The molecular weight excluding hydrogens is 274 g/mol. The smallest absolute Gasteiger partial charge is 0.303 e. The number of hydrogen-bond donors (Lipinski definition) is 1. The predicted octanol–water partition coefficient (Wildman–Crippen LogP) is 0.552. The Morgan fingerprint density at radius 3 is 2.67 bits per heavy atom. The van der Waals surface area contributed by atoms with Crippen molar-refractivity contribution in [3.8, 4) is 0 Å². The third-order valence-corrected chi connectivity index (χ3v) is 3.14. The lowest BCUT2D eigenvalue weighted by molar-refractivity contribution is 0.300. The molecule has 0 aromatic carbocycles. The highest BCUT2D eigenvalue weighted by molar-refractivity contribution is 5.68. The average molecular weight is 289 g/mol. The Labute approximate surface area is 119 Å². The monoisotopic (exact) mass is 289 g/mol. The summed E-state index contributed by atoms with van der Waals surface area (Å²) in [7, 11) is 0. The third-order valence-electron chi connectivity index (χ3n) is 3.14. The van der Waals surface area contributed by atoms with Crippen molar-refractivity contribution in [2.45, 2.75) is 39.7 Å². The standard InChI is InChI=1S/C12H15N7O2/c1-6-7(17-21-16-6)5-19-9-8(15-18-19)10(20)14-11(13-9)12(2,3)4/h5H2,1-4H3,(H,13,14,20). The van der Waals surface area contributed by atoms with Gasteiger partial charge >= 0.3 is 5.56 Å². The quantitative estimate of drug-likeness (QED) is 0.732. The van der Waals surface area contributed by atoms with Crippen LogP contribution < -0.4 is 5.56 Å². The largest absolute Gasteiger partial charge is 0.326 e. The van der Waals surface area contributed by atoms with Gasteiger partial charge in [0, 0.05) is 5.41 Å². The highest BCUT2D eigenvalue weighted by Crippen LogP contribution is 2.18. The number of nitrogens with one attached hydrogen (secondary N) is 1. The van der Waals surface area contributed by atoms with Gasteiger partial charge in [-0.2, -0.15) is 4.98 Å². The molecule has 0 radical (unpaired) electrons. The van der Waals surface area contributed by atoms with Crippen LogP contribution in [0.1, 0.15) is 38.0 Å². The second-order valence-corrected chi connectivity index (χ2v) is 5.88. The summed E-state index contributed by atoms with van der Waals surface area (Å²) < 4.78 is 6.22. The highest BCUT2D eigenvalue weighted by Gasteiger charge is 2.21. The van der Waals surface area contributed by atoms with Gasteiger partial charge in [-0.05, 0) is 6.92 Å². The fourth-order valence-corrected chi connectivity index (χ4v) is 1.88. The zero-order chi connectivity index (χ0) is 15.2. The molecule has 0 aliphatic carbocycles. The number of aromatic nitrogens is 7. The van der Waals surface area contributed by atoms with E-state index < -0.39 is 5.56 Å². The average Bonchev–Trinajstić information content (AvgIpc) is 2.97. The number of nitrogens with zero attached hydrogens (tertiary/aromatic N) is 6. The molecule has 3 aromatic heterocycles. The van der Waals surface area contributed by atoms with Crippen LogP contribution in [-0.2, 0) is 12.0 Å². The Morgan fingerprint density at radius 1 is 1.29 bits per heavy atom. The van der Waals surface area contributed by atoms with Gasteiger partial charge in [-0.3, -0.25) is 4.79 Å². The molecule has 9 nitrogen and oxygen atoms in total. The number of aromatic amines is 1. The molecule has 0 atom stereocenters. The van der Waals surface area contributed by atoms with Crippen LogP contribution in [0.4, 0.5) is 0 Å². The molecule has 0 amide bonds. The number of rotatable bonds is 2. The lowest BCUT2D eigenvalue weighted by Crippen LogP contribution is -2.22. The zero-order valence-corrected chi connectivity index (χ0v) is 12.2. The fourth-order valence-electron chi connectivity index (χ4n) is 1.88. The van der Waals surface area contributed by atoms with Crippen LogP contribution in [0.25, 0.3) is 11.2 Å². The van der Waals surface area contributed by atoms with E-state index in [0.717, 1.165) is 0 Å². The molecule has 3 rings (SSSR count). The van der Waals surface area contributed by atoms with Crippen LogP contribution in [0.15, 0.2) is 9.42 Å². The van der Waals surface area contributed by atoms with Gasteiger partial charge in [-0.25, -0.2) is 9.31 Å². The summed E-state index contributed by atoms with van der Waals surface area (Å²) in [5.74, 6) is 0.582. The van der Waals surface area contributed by atoms with Crippen molar-refractivity contribution in [2.75, 3.05) is 0 Å². The lowest BCUT2D eigenvalue weighted by atomic mass is 9.96. The predicted molar refractivity (Wildman–Crippen MR) is 72.8 cm³/mol. The van der Waals surface area contributed by atoms with Crippen molar-refractivity contribution >= 4 is 11.2 Å². The molecule has 0 spiro atoms. The molecule has 110 valence electrons. The second kappa shape index (κ2) is 4.47. The molecule has 9 heteroatoms. The van der Waals surface area contributed by atoms with Crippen LogP contribution in [0.5, 0.6) is 0 Å². The molecular formula is C12H15N7O2. The van der Waals surface area contributed by atoms with Gasteiger partial charge in [-0.15, -0.1) is 5.10 Å². The fraction of sp³-hybridized carbons (Fsp3) is 0.500. The summed E-state index contributed by atoms with van der Waals surface area (Å²) in [6.07, 6.45) is 0. The Balaban J connectivity index is 2.14. The zero-order valence-electron chi connectivity index (χ0n) is 12.2. The first-order chi connectivity index (χ1) is 9.86. The minimum atomic E-state index is -0.394. The van der Waals surface area contributed by atoms with Crippen LogP contribution in [0, 0.1) is 6.92 Å². The molecule has 3 heterocycles. The topological polar surface area (TPSA) is 115 Å². The van der Waals surface area contributed by atoms with Crippen LogP contribution >= 0.6 is 0 Å². The first-order valence-electron chi connectivity index (χ1n) is 6.48. The summed E-state index contributed by atoms with van der Waals surface area (Å²) in [5.41, 5.74) is 1.35. The van der Waals surface area contributed by atoms with E-state index in [0.29, 0.717) is 29.4 Å². The Kier molecular flexibility index (Phi) is 2.85. The number of hydrogen-bond acceptors (Lipinski definition) is 7. The van der Waals surface area contributed by atoms with Crippen LogP contribution in [0.2, 0.25) is 0 Å². The van der Waals surface area contributed by atoms with Crippen molar-refractivity contribution in [1.29, 1.82) is 0 Å². The summed E-state index contributed by atoms with van der Waals surface area (Å²) in [6.45, 7) is 8.01. The summed E-state index contributed by atoms with van der Waals surface area (Å²) >= 11 is 0. The van der Waals surface area contributed by atoms with Gasteiger partial charge in [0.2, 0.25) is 0 Å². The number of aryl methyl sites for hydroxylation is 1. The Hall–Kier alpha value is -2.58. The Morgan fingerprint density at radius 2 is 2.05 bits per heavy atom. The van der Waals surface area contributed by atoms with Crippen LogP contribution in [0.3, 0.4) is 0 Å². The lowest BCUT2D eigenvalue weighted by Gasteiger charge is -2.16. The number of fused-ring (bicyclic) bond motifs is 1. The summed E-state index contributed by atoms with van der Waals surface area (Å²) in [5, 5.41) is 15.4. The third kappa shape index (κ3) is 2.30. The molecule has 3 aromatic rings. The van der Waals surface area contributed by atoms with E-state index in [9.17, 15) is 4.79 Å². The molecule has 0 saturated carbocycles. The first kappa shape index (κ1) is 13.4. The minimum Gasteiger partial charge on any atom is -0.326 e. The van der Waals surface area contributed by atoms with E-state index in [1.54, 1.807) is 11.6 Å². The van der Waals surface area contributed by atoms with Gasteiger partial charge < -0.3 is 4.98 Å². The summed E-state index contributed by atoms with van der Waals surface area (Å²) in [4.78, 5) is 19.2. The van der Waals surface area contributed by atoms with Gasteiger partial charge in [0.25, 0.3) is 0 Å². The van der Waals surface area contributed by atoms with E-state index in [2.05, 4.69) is 35.2 Å². The molecule has 0 saturated heterocycles. The van der Waals surface area contributed by atoms with Crippen molar-refractivity contribution in [1.82, 2.24) is 35.3 Å². The summed E-state index contributed by atoms with van der Waals surface area (Å²) in [6, 6.07) is 0. The first-order valence-corrected chi connectivity index (χ1v) is 6.48. The van der Waals surface area contributed by atoms with Gasteiger partial charge in [0.05, 0.1) is 6.54 Å². The van der Waals surface area contributed by atoms with Crippen molar-refractivity contribution in [3.05, 3.63) is 27.6 Å². The number of H-pyrrole nitrogens is 1. The normalized spacial score (nSPS) is 12.2. The minimum absolute atomic E-state index is 0.206. The molecule has 0 aliphatic heterocycles. The molecule has 0 fully saturated rings. The van der Waals surface area contributed by atoms with Gasteiger partial charge in [-0.1, -0.05) is 36.3 Å². The molecule has 21 heavy (non-hydrogen) atoms. The van der Waals surface area contributed by atoms with Crippen molar-refractivity contribution < 1.29 is 4.63 Å². The van der Waals surface area contributed by atoms with Gasteiger partial charge in [0.1, 0.15) is 17.2 Å². The molecule has 0 unspecified atom stereocenters. The molecule has 0 bridgehead atoms. The van der Waals surface area contributed by atoms with Crippen LogP contribution in [-0.4, -0.2) is 35.3 Å². The second-order valence-electron chi connectivity index (χ2n) is 5.88. The van der Waals surface area contributed by atoms with Crippen molar-refractivity contribution in [3.63, 3.8) is 0 Å². The molecule has 1 N–H and O–H groups in total. The molecule has 0 aliphatic rings. The van der Waals surface area contributed by atoms with Crippen molar-refractivity contribution in [2.24, 2.45) is 0 Å². The van der Waals surface area contributed by atoms with Gasteiger partial charge in [0.15, 0.2) is 11.2 Å². The van der Waals surface area contributed by atoms with E-state index in [4.69, 9.17) is 0 Å². The van der Waals surface area contributed by atoms with E-state index in [1.165, 1.54) is 0 Å². The van der Waals surface area contributed by atoms with E-state index in [1.807, 2.05) is 20.8 Å². The SMILES string of the molecule is Cc1nonc1Cn1nnc2c(=O)nc(C(C)(C)C)[nH]c21. The highest BCUT2D eigenvalue weighted by atomic mass is 16.6. The maximum Gasteiger partial charge on any atom is 0.303 e. The maximum absolute atomic E-state index is 12.0. The van der Waals surface area contributed by atoms with E-state index >= 15 is 0 Å².